The number of rotatable bonds is 2. The van der Waals surface area contributed by atoms with Crippen LogP contribution in [0.2, 0.25) is 0 Å². The van der Waals surface area contributed by atoms with Crippen LogP contribution in [0.3, 0.4) is 0 Å². The van der Waals surface area contributed by atoms with Crippen molar-refractivity contribution < 1.29 is 14.3 Å². The van der Waals surface area contributed by atoms with E-state index >= 15 is 0 Å². The summed E-state index contributed by atoms with van der Waals surface area (Å²) >= 11 is 0. The number of amides is 2. The molecule has 132 valence electrons. The molecule has 0 aromatic carbocycles. The van der Waals surface area contributed by atoms with Gasteiger partial charge in [0, 0.05) is 26.2 Å². The second kappa shape index (κ2) is 7.20. The molecule has 1 aromatic rings. The Bertz CT molecular complexity index is 614. The molecule has 2 rings (SSSR count). The zero-order valence-corrected chi connectivity index (χ0v) is 15.2. The number of nitrogens with one attached hydrogen (secondary N) is 1. The molecule has 2 heterocycles. The van der Waals surface area contributed by atoms with Crippen LogP contribution < -0.4 is 5.32 Å². The first kappa shape index (κ1) is 18.2. The Labute approximate surface area is 143 Å². The van der Waals surface area contributed by atoms with E-state index in [0.717, 1.165) is 24.0 Å². The molecular weight excluding hydrogens is 306 g/mol. The summed E-state index contributed by atoms with van der Waals surface area (Å²) in [5.41, 5.74) is 1.65. The van der Waals surface area contributed by atoms with E-state index in [1.807, 2.05) is 33.9 Å². The molecule has 1 aliphatic heterocycles. The second-order valence-corrected chi connectivity index (χ2v) is 7.36. The van der Waals surface area contributed by atoms with Crippen LogP contribution in [0.15, 0.2) is 12.3 Å². The number of aromatic nitrogens is 1. The minimum absolute atomic E-state index is 0.121. The Balaban J connectivity index is 1.96. The van der Waals surface area contributed by atoms with E-state index in [4.69, 9.17) is 4.74 Å². The Morgan fingerprint density at radius 2 is 1.92 bits per heavy atom. The van der Waals surface area contributed by atoms with Gasteiger partial charge in [-0.15, -0.1) is 0 Å². The van der Waals surface area contributed by atoms with Crippen molar-refractivity contribution in [3.05, 3.63) is 23.4 Å². The minimum Gasteiger partial charge on any atom is -0.444 e. The lowest BCUT2D eigenvalue weighted by molar-refractivity contribution is -0.114. The average Bonchev–Trinajstić information content (AvgIpc) is 2.47. The van der Waals surface area contributed by atoms with Crippen molar-refractivity contribution in [3.8, 4) is 0 Å². The summed E-state index contributed by atoms with van der Waals surface area (Å²) in [5.74, 6) is 0.864. The summed E-state index contributed by atoms with van der Waals surface area (Å²) in [6, 6.07) is 2.08. The van der Waals surface area contributed by atoms with Gasteiger partial charge in [-0.3, -0.25) is 4.79 Å². The highest BCUT2D eigenvalue weighted by molar-refractivity contribution is 5.88. The number of piperidine rings is 1. The fourth-order valence-corrected chi connectivity index (χ4v) is 2.84. The van der Waals surface area contributed by atoms with Gasteiger partial charge in [0.2, 0.25) is 5.91 Å². The van der Waals surface area contributed by atoms with Gasteiger partial charge >= 0.3 is 6.09 Å². The molecule has 24 heavy (non-hydrogen) atoms. The number of aryl methyl sites for hydroxylation is 1. The van der Waals surface area contributed by atoms with Gasteiger partial charge in [-0.05, 0) is 57.6 Å². The SMILES string of the molecule is CC(=O)Nc1ncc(C2CCN(C(=O)OC(C)(C)C)CC2)cc1C. The van der Waals surface area contributed by atoms with Gasteiger partial charge in [0.05, 0.1) is 0 Å². The zero-order chi connectivity index (χ0) is 17.9. The van der Waals surface area contributed by atoms with Gasteiger partial charge in [-0.2, -0.15) is 0 Å². The van der Waals surface area contributed by atoms with Gasteiger partial charge in [0.1, 0.15) is 11.4 Å². The predicted molar refractivity (Wildman–Crippen MR) is 93.1 cm³/mol. The van der Waals surface area contributed by atoms with Crippen LogP contribution in [-0.4, -0.2) is 40.6 Å². The first-order valence-electron chi connectivity index (χ1n) is 8.38. The van der Waals surface area contributed by atoms with Crippen molar-refractivity contribution in [2.45, 2.75) is 59.0 Å². The second-order valence-electron chi connectivity index (χ2n) is 7.36. The topological polar surface area (TPSA) is 71.5 Å². The summed E-state index contributed by atoms with van der Waals surface area (Å²) in [7, 11) is 0. The predicted octanol–water partition coefficient (Wildman–Crippen LogP) is 3.46. The third-order valence-corrected chi connectivity index (χ3v) is 4.01. The zero-order valence-electron chi connectivity index (χ0n) is 15.2. The molecule has 1 aromatic heterocycles. The number of carbonyl (C=O) groups excluding carboxylic acids is 2. The molecule has 6 nitrogen and oxygen atoms in total. The van der Waals surface area contributed by atoms with Crippen LogP contribution in [0.1, 0.15) is 57.6 Å². The fourth-order valence-electron chi connectivity index (χ4n) is 2.84. The van der Waals surface area contributed by atoms with E-state index in [-0.39, 0.29) is 12.0 Å². The summed E-state index contributed by atoms with van der Waals surface area (Å²) in [4.78, 5) is 29.4. The van der Waals surface area contributed by atoms with Crippen LogP contribution in [0, 0.1) is 6.92 Å². The molecule has 0 radical (unpaired) electrons. The maximum atomic E-state index is 12.1. The number of likely N-dealkylation sites (tertiary alicyclic amines) is 1. The van der Waals surface area contributed by atoms with Crippen LogP contribution in [0.5, 0.6) is 0 Å². The first-order chi connectivity index (χ1) is 11.2. The molecule has 1 fully saturated rings. The molecule has 2 amide bonds. The highest BCUT2D eigenvalue weighted by Crippen LogP contribution is 2.30. The maximum Gasteiger partial charge on any atom is 0.410 e. The van der Waals surface area contributed by atoms with Crippen LogP contribution in [-0.2, 0) is 9.53 Å². The van der Waals surface area contributed by atoms with Crippen molar-refractivity contribution in [3.63, 3.8) is 0 Å². The molecule has 0 saturated carbocycles. The number of anilines is 1. The molecule has 6 heteroatoms. The van der Waals surface area contributed by atoms with E-state index in [0.29, 0.717) is 24.8 Å². The van der Waals surface area contributed by atoms with Crippen molar-refractivity contribution in [1.82, 2.24) is 9.88 Å². The van der Waals surface area contributed by atoms with Crippen LogP contribution in [0.4, 0.5) is 10.6 Å². The van der Waals surface area contributed by atoms with Crippen molar-refractivity contribution in [1.29, 1.82) is 0 Å². The van der Waals surface area contributed by atoms with E-state index in [2.05, 4.69) is 16.4 Å². The Hall–Kier alpha value is -2.11. The van der Waals surface area contributed by atoms with Crippen molar-refractivity contribution in [2.75, 3.05) is 18.4 Å². The lowest BCUT2D eigenvalue weighted by Crippen LogP contribution is -2.41. The molecule has 0 spiro atoms. The normalized spacial score (nSPS) is 16.0. The van der Waals surface area contributed by atoms with E-state index in [9.17, 15) is 9.59 Å². The highest BCUT2D eigenvalue weighted by Gasteiger charge is 2.27. The molecule has 0 bridgehead atoms. The van der Waals surface area contributed by atoms with Gasteiger partial charge in [-0.1, -0.05) is 6.07 Å². The quantitative estimate of drug-likeness (QED) is 0.899. The summed E-state index contributed by atoms with van der Waals surface area (Å²) in [5, 5.41) is 2.73. The van der Waals surface area contributed by atoms with Gasteiger partial charge in [0.25, 0.3) is 0 Å². The molecular formula is C18H27N3O3. The van der Waals surface area contributed by atoms with Gasteiger partial charge < -0.3 is 15.0 Å². The van der Waals surface area contributed by atoms with Gasteiger partial charge in [0.15, 0.2) is 0 Å². The van der Waals surface area contributed by atoms with Crippen molar-refractivity contribution >= 4 is 17.8 Å². The lowest BCUT2D eigenvalue weighted by Gasteiger charge is -2.33. The number of ether oxygens (including phenoxy) is 1. The summed E-state index contributed by atoms with van der Waals surface area (Å²) < 4.78 is 5.42. The number of hydrogen-bond acceptors (Lipinski definition) is 4. The molecule has 1 saturated heterocycles. The van der Waals surface area contributed by atoms with E-state index < -0.39 is 5.60 Å². The summed E-state index contributed by atoms with van der Waals surface area (Å²) in [6.07, 6.45) is 3.36. The number of nitrogens with zero attached hydrogens (tertiary/aromatic N) is 2. The molecule has 1 aliphatic rings. The minimum atomic E-state index is -0.464. The van der Waals surface area contributed by atoms with Gasteiger partial charge in [-0.25, -0.2) is 9.78 Å². The maximum absolute atomic E-state index is 12.1. The van der Waals surface area contributed by atoms with Crippen LogP contribution >= 0.6 is 0 Å². The standard InChI is InChI=1S/C18H27N3O3/c1-12-10-15(11-19-16(12)20-13(2)22)14-6-8-21(9-7-14)17(23)24-18(3,4)5/h10-11,14H,6-9H2,1-5H3,(H,19,20,22). The molecule has 1 N–H and O–H groups in total. The highest BCUT2D eigenvalue weighted by atomic mass is 16.6. The first-order valence-corrected chi connectivity index (χ1v) is 8.38. The fraction of sp³-hybridized carbons (Fsp3) is 0.611. The smallest absolute Gasteiger partial charge is 0.410 e. The Morgan fingerprint density at radius 3 is 2.42 bits per heavy atom. The Kier molecular flexibility index (Phi) is 5.47. The van der Waals surface area contributed by atoms with E-state index in [1.54, 1.807) is 4.90 Å². The number of hydrogen-bond donors (Lipinski definition) is 1. The summed E-state index contributed by atoms with van der Waals surface area (Å²) in [6.45, 7) is 10.4. The Morgan fingerprint density at radius 1 is 1.29 bits per heavy atom. The average molecular weight is 333 g/mol. The largest absolute Gasteiger partial charge is 0.444 e. The van der Waals surface area contributed by atoms with Crippen molar-refractivity contribution in [2.24, 2.45) is 0 Å². The lowest BCUT2D eigenvalue weighted by atomic mass is 9.90. The number of carbonyl (C=O) groups is 2. The van der Waals surface area contributed by atoms with E-state index in [1.165, 1.54) is 6.92 Å². The molecule has 0 aliphatic carbocycles. The molecule has 0 atom stereocenters. The van der Waals surface area contributed by atoms with Crippen LogP contribution in [0.25, 0.3) is 0 Å². The number of pyridine rings is 1. The third-order valence-electron chi connectivity index (χ3n) is 4.01. The third kappa shape index (κ3) is 4.94. The monoisotopic (exact) mass is 333 g/mol. The molecule has 0 unspecified atom stereocenters.